The fraction of sp³-hybridized carbons (Fsp3) is 0.407. The molecule has 192 valence electrons. The van der Waals surface area contributed by atoms with Gasteiger partial charge < -0.3 is 25.2 Å². The number of rotatable bonds is 7. The summed E-state index contributed by atoms with van der Waals surface area (Å²) < 4.78 is 13.5. The van der Waals surface area contributed by atoms with E-state index in [0.29, 0.717) is 24.7 Å². The van der Waals surface area contributed by atoms with Gasteiger partial charge in [0.05, 0.1) is 45.9 Å². The lowest BCUT2D eigenvalue weighted by Crippen LogP contribution is -2.35. The van der Waals surface area contributed by atoms with Crippen LogP contribution in [-0.4, -0.2) is 55.7 Å². The molecular weight excluding hydrogens is 488 g/mol. The van der Waals surface area contributed by atoms with E-state index in [1.54, 1.807) is 17.5 Å². The Morgan fingerprint density at radius 3 is 2.65 bits per heavy atom. The lowest BCUT2D eigenvalue weighted by atomic mass is 10.1. The number of aryl methyl sites for hydroxylation is 1. The molecule has 1 aliphatic heterocycles. The van der Waals surface area contributed by atoms with Crippen molar-refractivity contribution in [2.75, 3.05) is 17.2 Å². The van der Waals surface area contributed by atoms with E-state index in [0.717, 1.165) is 32.2 Å². The standard InChI is InChI=1S/C27H30N6O3S/c1-15-21(25-32-18-9-4-5-10-20(18)37-25)24(33-26(30-15)29-13-17-8-6-7-11-28-17)31-19-12-16(14-34)22-23(19)36-27(2,3)35-22/h4-11,16,19,22-23,34H,12-14H2,1-3H3,(H2,29,30,31,33). The van der Waals surface area contributed by atoms with E-state index in [9.17, 15) is 5.11 Å². The van der Waals surface area contributed by atoms with Crippen molar-refractivity contribution >= 4 is 33.3 Å². The summed E-state index contributed by atoms with van der Waals surface area (Å²) in [6.45, 7) is 6.36. The van der Waals surface area contributed by atoms with Gasteiger partial charge in [0, 0.05) is 18.7 Å². The number of aliphatic hydroxyl groups is 1. The molecule has 0 radical (unpaired) electrons. The third-order valence-corrected chi connectivity index (χ3v) is 7.94. The number of thiazole rings is 1. The lowest BCUT2D eigenvalue weighted by molar-refractivity contribution is -0.158. The predicted octanol–water partition coefficient (Wildman–Crippen LogP) is 4.38. The summed E-state index contributed by atoms with van der Waals surface area (Å²) in [6, 6.07) is 13.8. The van der Waals surface area contributed by atoms with Crippen LogP contribution in [0.5, 0.6) is 0 Å². The Kier molecular flexibility index (Phi) is 6.28. The molecule has 0 bridgehead atoms. The maximum atomic E-state index is 10.0. The van der Waals surface area contributed by atoms with Crippen molar-refractivity contribution in [1.29, 1.82) is 0 Å². The molecule has 4 aromatic rings. The topological polar surface area (TPSA) is 114 Å². The molecule has 4 unspecified atom stereocenters. The molecule has 2 aliphatic rings. The summed E-state index contributed by atoms with van der Waals surface area (Å²) in [6.07, 6.45) is 2.11. The van der Waals surface area contributed by atoms with Crippen molar-refractivity contribution in [3.05, 3.63) is 60.0 Å². The van der Waals surface area contributed by atoms with Gasteiger partial charge in [-0.2, -0.15) is 4.98 Å². The first kappa shape index (κ1) is 24.2. The van der Waals surface area contributed by atoms with E-state index in [1.165, 1.54) is 0 Å². The molecule has 9 nitrogen and oxygen atoms in total. The summed E-state index contributed by atoms with van der Waals surface area (Å²) in [4.78, 5) is 19.0. The van der Waals surface area contributed by atoms with Crippen LogP contribution in [0.2, 0.25) is 0 Å². The van der Waals surface area contributed by atoms with Gasteiger partial charge in [0.15, 0.2) is 5.79 Å². The zero-order valence-corrected chi connectivity index (χ0v) is 21.8. The first-order valence-electron chi connectivity index (χ1n) is 12.5. The molecule has 2 fully saturated rings. The van der Waals surface area contributed by atoms with Crippen molar-refractivity contribution in [1.82, 2.24) is 19.9 Å². The first-order valence-corrected chi connectivity index (χ1v) is 13.3. The summed E-state index contributed by atoms with van der Waals surface area (Å²) in [7, 11) is 0. The predicted molar refractivity (Wildman–Crippen MR) is 143 cm³/mol. The summed E-state index contributed by atoms with van der Waals surface area (Å²) in [5.74, 6) is 0.480. The van der Waals surface area contributed by atoms with E-state index in [1.807, 2.05) is 57.2 Å². The van der Waals surface area contributed by atoms with Crippen LogP contribution in [0, 0.1) is 12.8 Å². The van der Waals surface area contributed by atoms with Crippen molar-refractivity contribution in [2.24, 2.45) is 5.92 Å². The fourth-order valence-corrected chi connectivity index (χ4v) is 6.31. The molecule has 0 spiro atoms. The smallest absolute Gasteiger partial charge is 0.225 e. The van der Waals surface area contributed by atoms with Gasteiger partial charge in [0.25, 0.3) is 0 Å². The van der Waals surface area contributed by atoms with Crippen LogP contribution in [0.15, 0.2) is 48.7 Å². The largest absolute Gasteiger partial charge is 0.396 e. The minimum Gasteiger partial charge on any atom is -0.396 e. The quantitative estimate of drug-likeness (QED) is 0.328. The highest BCUT2D eigenvalue weighted by Crippen LogP contribution is 2.44. The molecule has 1 aromatic carbocycles. The summed E-state index contributed by atoms with van der Waals surface area (Å²) >= 11 is 1.62. The molecule has 1 aliphatic carbocycles. The fourth-order valence-electron chi connectivity index (χ4n) is 5.25. The van der Waals surface area contributed by atoms with Crippen molar-refractivity contribution < 1.29 is 14.6 Å². The number of nitrogens with one attached hydrogen (secondary N) is 2. The second-order valence-electron chi connectivity index (χ2n) is 10.0. The minimum absolute atomic E-state index is 0.0140. The van der Waals surface area contributed by atoms with Crippen LogP contribution in [0.1, 0.15) is 31.7 Å². The van der Waals surface area contributed by atoms with Gasteiger partial charge in [-0.15, -0.1) is 11.3 Å². The molecular formula is C27H30N6O3S. The van der Waals surface area contributed by atoms with Crippen LogP contribution in [0.25, 0.3) is 20.8 Å². The Morgan fingerprint density at radius 2 is 1.86 bits per heavy atom. The highest BCUT2D eigenvalue weighted by Gasteiger charge is 2.54. The van der Waals surface area contributed by atoms with Crippen LogP contribution < -0.4 is 10.6 Å². The van der Waals surface area contributed by atoms with E-state index >= 15 is 0 Å². The number of aromatic nitrogens is 4. The van der Waals surface area contributed by atoms with E-state index in [4.69, 9.17) is 24.4 Å². The Bertz CT molecular complexity index is 1380. The van der Waals surface area contributed by atoms with E-state index in [2.05, 4.69) is 21.7 Å². The van der Waals surface area contributed by atoms with Gasteiger partial charge in [0.1, 0.15) is 16.9 Å². The molecule has 4 heterocycles. The number of aliphatic hydroxyl groups excluding tert-OH is 1. The van der Waals surface area contributed by atoms with Gasteiger partial charge in [-0.1, -0.05) is 18.2 Å². The van der Waals surface area contributed by atoms with Crippen LogP contribution in [-0.2, 0) is 16.0 Å². The average Bonchev–Trinajstić information content (AvgIpc) is 3.54. The van der Waals surface area contributed by atoms with Gasteiger partial charge >= 0.3 is 0 Å². The van der Waals surface area contributed by atoms with Crippen LogP contribution in [0.4, 0.5) is 11.8 Å². The third-order valence-electron chi connectivity index (χ3n) is 6.89. The first-order chi connectivity index (χ1) is 17.9. The Balaban J connectivity index is 1.37. The summed E-state index contributed by atoms with van der Waals surface area (Å²) in [5, 5.41) is 17.9. The van der Waals surface area contributed by atoms with Crippen LogP contribution >= 0.6 is 11.3 Å². The zero-order valence-electron chi connectivity index (χ0n) is 21.0. The molecule has 37 heavy (non-hydrogen) atoms. The molecule has 1 saturated heterocycles. The Hall–Kier alpha value is -3.18. The number of nitrogens with zero attached hydrogens (tertiary/aromatic N) is 4. The number of anilines is 2. The van der Waals surface area contributed by atoms with Gasteiger partial charge in [0.2, 0.25) is 5.95 Å². The van der Waals surface area contributed by atoms with Crippen molar-refractivity contribution in [3.8, 4) is 10.6 Å². The molecule has 3 aromatic heterocycles. The molecule has 10 heteroatoms. The van der Waals surface area contributed by atoms with E-state index < -0.39 is 5.79 Å². The third kappa shape index (κ3) is 4.77. The molecule has 1 saturated carbocycles. The van der Waals surface area contributed by atoms with Gasteiger partial charge in [-0.25, -0.2) is 9.97 Å². The Morgan fingerprint density at radius 1 is 1.05 bits per heavy atom. The molecule has 6 rings (SSSR count). The number of ether oxygens (including phenoxy) is 2. The van der Waals surface area contributed by atoms with Crippen molar-refractivity contribution in [2.45, 2.75) is 57.8 Å². The second-order valence-corrected chi connectivity index (χ2v) is 11.0. The van der Waals surface area contributed by atoms with Gasteiger partial charge in [-0.3, -0.25) is 4.98 Å². The number of para-hydroxylation sites is 1. The molecule has 3 N–H and O–H groups in total. The van der Waals surface area contributed by atoms with Crippen molar-refractivity contribution in [3.63, 3.8) is 0 Å². The number of pyridine rings is 1. The number of benzene rings is 1. The van der Waals surface area contributed by atoms with E-state index in [-0.39, 0.29) is 30.8 Å². The maximum Gasteiger partial charge on any atom is 0.225 e. The zero-order chi connectivity index (χ0) is 25.6. The highest BCUT2D eigenvalue weighted by atomic mass is 32.1. The normalized spacial score (nSPS) is 24.3. The lowest BCUT2D eigenvalue weighted by Gasteiger charge is -2.25. The molecule has 4 atom stereocenters. The highest BCUT2D eigenvalue weighted by molar-refractivity contribution is 7.21. The number of hydrogen-bond donors (Lipinski definition) is 3. The van der Waals surface area contributed by atoms with Gasteiger partial charge in [-0.05, 0) is 51.5 Å². The Labute approximate surface area is 219 Å². The maximum absolute atomic E-state index is 10.0. The SMILES string of the molecule is Cc1nc(NCc2ccccn2)nc(NC2CC(CO)C3OC(C)(C)OC23)c1-c1nc2ccccc2s1. The number of fused-ring (bicyclic) bond motifs is 2. The number of hydrogen-bond acceptors (Lipinski definition) is 10. The molecule has 0 amide bonds. The average molecular weight is 519 g/mol. The van der Waals surface area contributed by atoms with Crippen LogP contribution in [0.3, 0.4) is 0 Å². The second kappa shape index (κ2) is 9.60. The summed E-state index contributed by atoms with van der Waals surface area (Å²) in [5.41, 5.74) is 3.53. The monoisotopic (exact) mass is 518 g/mol. The minimum atomic E-state index is -0.698.